The standard InChI is InChI=1S/C33H23F12N3O5/c1-28(30(34,35)36,31(37,38)39)17-5-9-24(50)21(13-17)47-26(52)15-3-2-4-16(11-15)27(53)48-22-14-19(7-10-25(22)51)29(32(40,41)42,33(43,44)45)18-6-8-23(49)20(46)12-18/h2-14,49-51H,46H2,1H3,(H,47,52)(H,48,53)/i/hD. The van der Waals surface area contributed by atoms with Gasteiger partial charge in [0.05, 0.1) is 17.1 Å². The maximum absolute atomic E-state index is 14.7. The lowest BCUT2D eigenvalue weighted by atomic mass is 9.72. The molecule has 2 amide bonds. The molecule has 0 radical (unpaired) electrons. The Labute approximate surface area is 291 Å². The molecule has 4 aromatic rings. The summed E-state index contributed by atoms with van der Waals surface area (Å²) in [6.07, 6.45) is -24.0. The second kappa shape index (κ2) is 13.3. The van der Waals surface area contributed by atoms with Gasteiger partial charge in [0.1, 0.15) is 17.2 Å². The van der Waals surface area contributed by atoms with Crippen LogP contribution in [0.25, 0.3) is 0 Å². The van der Waals surface area contributed by atoms with Crippen LogP contribution in [0.3, 0.4) is 0 Å². The topological polar surface area (TPSA) is 145 Å². The van der Waals surface area contributed by atoms with Crippen LogP contribution in [0.2, 0.25) is 0 Å². The Morgan fingerprint density at radius 1 is 0.585 bits per heavy atom. The van der Waals surface area contributed by atoms with E-state index in [0.717, 1.165) is 24.3 Å². The summed E-state index contributed by atoms with van der Waals surface area (Å²) in [5.74, 6) is -5.17. The molecule has 0 aliphatic heterocycles. The minimum Gasteiger partial charge on any atom is -0.506 e. The van der Waals surface area contributed by atoms with E-state index in [9.17, 15) is 72.5 Å². The van der Waals surface area contributed by atoms with Gasteiger partial charge in [0.15, 0.2) is 5.41 Å². The summed E-state index contributed by atoms with van der Waals surface area (Å²) in [5, 5.41) is 27.9. The van der Waals surface area contributed by atoms with Gasteiger partial charge in [-0.25, -0.2) is 0 Å². The van der Waals surface area contributed by atoms with Crippen LogP contribution in [0.4, 0.5) is 69.7 Å². The number of nitrogens with one attached hydrogen (secondary N) is 2. The number of carbonyl (C=O) groups excluding carboxylic acids is 2. The minimum atomic E-state index is -6.15. The Morgan fingerprint density at radius 3 is 1.45 bits per heavy atom. The largest absolute Gasteiger partial charge is 0.506 e. The number of aromatic hydroxyl groups is 3. The predicted molar refractivity (Wildman–Crippen MR) is 163 cm³/mol. The highest BCUT2D eigenvalue weighted by molar-refractivity contribution is 6.09. The first-order valence-corrected chi connectivity index (χ1v) is 14.4. The van der Waals surface area contributed by atoms with Crippen LogP contribution in [0.15, 0.2) is 78.9 Å². The van der Waals surface area contributed by atoms with Gasteiger partial charge in [-0.3, -0.25) is 9.59 Å². The fourth-order valence-corrected chi connectivity index (χ4v) is 5.26. The molecule has 20 heteroatoms. The summed E-state index contributed by atoms with van der Waals surface area (Å²) in [7, 11) is 0. The minimum absolute atomic E-state index is 0.157. The zero-order valence-electron chi connectivity index (χ0n) is 27.2. The maximum Gasteiger partial charge on any atom is 0.411 e. The quantitative estimate of drug-likeness (QED) is 0.0601. The number of halogens is 12. The molecule has 0 aliphatic carbocycles. The van der Waals surface area contributed by atoms with Crippen molar-refractivity contribution in [1.82, 2.24) is 0 Å². The summed E-state index contributed by atoms with van der Waals surface area (Å²) < 4.78 is 177. The number of nitrogens with two attached hydrogens (primary N) is 1. The van der Waals surface area contributed by atoms with Crippen molar-refractivity contribution in [1.29, 1.82) is 1.43 Å². The molecule has 284 valence electrons. The van der Waals surface area contributed by atoms with Gasteiger partial charge in [-0.05, 0) is 78.2 Å². The van der Waals surface area contributed by atoms with E-state index in [1.54, 1.807) is 0 Å². The number of nitrogen functional groups attached to an aromatic ring is 1. The molecule has 8 nitrogen and oxygen atoms in total. The highest BCUT2D eigenvalue weighted by atomic mass is 19.4. The van der Waals surface area contributed by atoms with Gasteiger partial charge in [-0.1, -0.05) is 24.3 Å². The Morgan fingerprint density at radius 2 is 1.00 bits per heavy atom. The molecule has 0 fully saturated rings. The van der Waals surface area contributed by atoms with Gasteiger partial charge in [0.25, 0.3) is 13.2 Å². The van der Waals surface area contributed by atoms with Crippen molar-refractivity contribution in [3.05, 3.63) is 107 Å². The van der Waals surface area contributed by atoms with E-state index in [1.807, 2.05) is 10.6 Å². The van der Waals surface area contributed by atoms with E-state index in [-0.39, 0.29) is 25.1 Å². The van der Waals surface area contributed by atoms with Crippen molar-refractivity contribution < 1.29 is 77.6 Å². The van der Waals surface area contributed by atoms with Crippen LogP contribution >= 0.6 is 0 Å². The fraction of sp³-hybridized carbons (Fsp3) is 0.212. The number of alkyl halides is 12. The van der Waals surface area contributed by atoms with Gasteiger partial charge >= 0.3 is 24.7 Å². The molecule has 7 N–H and O–H groups in total. The van der Waals surface area contributed by atoms with Crippen LogP contribution in [-0.4, -0.2) is 53.3 Å². The lowest BCUT2D eigenvalue weighted by Gasteiger charge is -2.38. The molecule has 4 aromatic carbocycles. The van der Waals surface area contributed by atoms with Gasteiger partial charge in [-0.2, -0.15) is 52.7 Å². The monoisotopic (exact) mass is 770 g/mol. The van der Waals surface area contributed by atoms with E-state index >= 15 is 0 Å². The molecule has 0 saturated heterocycles. The SMILES string of the molecule is [2H]Oc1ccc(C(c2ccc(O)c(N)c2)(C(F)(F)F)C(F)(F)F)cc1NC(=O)c1cccc(C(=O)Nc2cc(C(C)(C(F)(F)F)C(F)(F)F)ccc2O)c1. The van der Waals surface area contributed by atoms with E-state index in [1.165, 1.54) is 0 Å². The molecule has 0 heterocycles. The van der Waals surface area contributed by atoms with E-state index in [0.29, 0.717) is 36.4 Å². The summed E-state index contributed by atoms with van der Waals surface area (Å²) in [5.41, 5.74) is -12.0. The highest BCUT2D eigenvalue weighted by Crippen LogP contribution is 2.57. The lowest BCUT2D eigenvalue weighted by Crippen LogP contribution is -2.54. The first-order valence-electron chi connectivity index (χ1n) is 14.8. The van der Waals surface area contributed by atoms with Crippen LogP contribution < -0.4 is 16.4 Å². The van der Waals surface area contributed by atoms with Crippen molar-refractivity contribution in [2.45, 2.75) is 42.5 Å². The van der Waals surface area contributed by atoms with E-state index < -0.39 is 109 Å². The second-order valence-corrected chi connectivity index (χ2v) is 11.6. The van der Waals surface area contributed by atoms with Crippen LogP contribution in [-0.2, 0) is 10.8 Å². The average molecular weight is 771 g/mol. The Hall–Kier alpha value is -5.82. The number of rotatable bonds is 8. The first kappa shape index (κ1) is 38.4. The third-order valence-electron chi connectivity index (χ3n) is 8.31. The van der Waals surface area contributed by atoms with Gasteiger partial charge < -0.3 is 31.7 Å². The first-order chi connectivity index (χ1) is 24.7. The van der Waals surface area contributed by atoms with Crippen molar-refractivity contribution in [3.8, 4) is 17.2 Å². The number of carbonyl (C=O) groups is 2. The number of anilines is 3. The molecule has 0 saturated carbocycles. The van der Waals surface area contributed by atoms with Gasteiger partial charge in [-0.15, -0.1) is 0 Å². The molecular weight excluding hydrogens is 746 g/mol. The maximum atomic E-state index is 14.7. The molecular formula is C33H23F12N3O5. The zero-order chi connectivity index (χ0) is 40.8. The van der Waals surface area contributed by atoms with E-state index in [4.69, 9.17) is 7.16 Å². The smallest absolute Gasteiger partial charge is 0.411 e. The number of phenolic OH excluding ortho intramolecular Hbond substituents is 3. The highest BCUT2D eigenvalue weighted by Gasteiger charge is 2.73. The summed E-state index contributed by atoms with van der Waals surface area (Å²) in [6, 6.07) is 6.95. The zero-order valence-corrected chi connectivity index (χ0v) is 26.2. The van der Waals surface area contributed by atoms with Crippen LogP contribution in [0.1, 0.15) is 44.3 Å². The molecule has 53 heavy (non-hydrogen) atoms. The summed E-state index contributed by atoms with van der Waals surface area (Å²) >= 11 is 0. The van der Waals surface area contributed by atoms with Gasteiger partial charge in [0, 0.05) is 11.1 Å². The van der Waals surface area contributed by atoms with Gasteiger partial charge in [0.2, 0.25) is 5.41 Å². The van der Waals surface area contributed by atoms with Crippen LogP contribution in [0.5, 0.6) is 17.2 Å². The molecule has 0 aliphatic rings. The molecule has 0 aromatic heterocycles. The number of hydrogen-bond acceptors (Lipinski definition) is 6. The average Bonchev–Trinajstić information content (AvgIpc) is 3.05. The van der Waals surface area contributed by atoms with Crippen molar-refractivity contribution in [2.24, 2.45) is 0 Å². The summed E-state index contributed by atoms with van der Waals surface area (Å²) in [4.78, 5) is 26.2. The Kier molecular flexibility index (Phi) is 9.64. The van der Waals surface area contributed by atoms with Crippen molar-refractivity contribution in [3.63, 3.8) is 0 Å². The number of amides is 2. The second-order valence-electron chi connectivity index (χ2n) is 11.6. The van der Waals surface area contributed by atoms with Crippen molar-refractivity contribution in [2.75, 3.05) is 16.4 Å². The molecule has 0 spiro atoms. The molecule has 4 rings (SSSR count). The summed E-state index contributed by atoms with van der Waals surface area (Å²) in [6.45, 7) is -0.157. The molecule has 0 unspecified atom stereocenters. The fourth-order valence-electron chi connectivity index (χ4n) is 5.26. The third kappa shape index (κ3) is 7.04. The van der Waals surface area contributed by atoms with Crippen molar-refractivity contribution >= 4 is 28.9 Å². The number of phenols is 3. The normalized spacial score (nSPS) is 13.3. The lowest BCUT2D eigenvalue weighted by molar-refractivity contribution is -0.297. The van der Waals surface area contributed by atoms with E-state index in [2.05, 4.69) is 5.11 Å². The third-order valence-corrected chi connectivity index (χ3v) is 8.31. The number of benzene rings is 4. The number of hydrogen-bond donors (Lipinski definition) is 6. The molecule has 0 bridgehead atoms. The Balaban J connectivity index is 1.72. The predicted octanol–water partition coefficient (Wildman–Crippen LogP) is 8.68. The van der Waals surface area contributed by atoms with Crippen LogP contribution in [0, 0.1) is 0 Å². The molecule has 0 atom stereocenters. The Bertz CT molecular complexity index is 2050.